The monoisotopic (exact) mass is 809 g/mol. The summed E-state index contributed by atoms with van der Waals surface area (Å²) in [7, 11) is 0. The Morgan fingerprint density at radius 3 is 2.39 bits per heavy atom. The number of nitriles is 1. The normalized spacial score (nSPS) is 26.0. The lowest BCUT2D eigenvalue weighted by atomic mass is 9.82. The molecule has 1 unspecified atom stereocenters. The molecule has 4 aliphatic rings. The van der Waals surface area contributed by atoms with E-state index in [1.165, 1.54) is 6.07 Å². The van der Waals surface area contributed by atoms with Crippen molar-refractivity contribution in [1.29, 1.82) is 5.26 Å². The first-order valence-corrected chi connectivity index (χ1v) is 20.0. The smallest absolute Gasteiger partial charge is 0.374 e. The highest BCUT2D eigenvalue weighted by Gasteiger charge is 2.53. The number of piperazine rings is 1. The molecule has 3 saturated heterocycles. The number of halogens is 3. The van der Waals surface area contributed by atoms with E-state index in [0.717, 1.165) is 75.3 Å². The van der Waals surface area contributed by atoms with Crippen LogP contribution in [0.1, 0.15) is 90.3 Å². The van der Waals surface area contributed by atoms with Crippen molar-refractivity contribution in [2.45, 2.75) is 115 Å². The average Bonchev–Trinajstić information content (AvgIpc) is 3.32. The third kappa shape index (κ3) is 9.39. The van der Waals surface area contributed by atoms with Crippen LogP contribution in [-0.4, -0.2) is 104 Å². The van der Waals surface area contributed by atoms with Gasteiger partial charge in [-0.1, -0.05) is 6.07 Å². The number of piperidine rings is 1. The van der Waals surface area contributed by atoms with Gasteiger partial charge in [-0.3, -0.25) is 34.3 Å². The fourth-order valence-electron chi connectivity index (χ4n) is 8.87. The number of nitrogens with zero attached hydrogens (tertiary/aromatic N) is 6. The van der Waals surface area contributed by atoms with Gasteiger partial charge in [0.1, 0.15) is 17.6 Å². The summed E-state index contributed by atoms with van der Waals surface area (Å²) in [6.45, 7) is 10.7. The maximum absolute atomic E-state index is 13.7. The molecule has 0 spiro atoms. The first-order valence-electron chi connectivity index (χ1n) is 19.6. The number of imide groups is 1. The summed E-state index contributed by atoms with van der Waals surface area (Å²) in [5.41, 5.74) is -1.81. The van der Waals surface area contributed by atoms with Crippen molar-refractivity contribution in [3.63, 3.8) is 0 Å². The largest absolute Gasteiger partial charge is 0.419 e. The highest BCUT2D eigenvalue weighted by atomic mass is 32.1. The third-order valence-electron chi connectivity index (χ3n) is 11.8. The molecular weight excluding hydrogens is 760 g/mol. The summed E-state index contributed by atoms with van der Waals surface area (Å²) in [6.07, 6.45) is 2.59. The second-order valence-corrected chi connectivity index (χ2v) is 16.6. The molecule has 1 aromatic heterocycles. The number of carbonyl (C=O) groups is 4. The molecule has 13 nitrogen and oxygen atoms in total. The van der Waals surface area contributed by atoms with Crippen LogP contribution in [-0.2, 0) is 25.4 Å². The molecule has 4 amide bonds. The van der Waals surface area contributed by atoms with E-state index >= 15 is 0 Å². The molecule has 1 aliphatic carbocycles. The molecule has 0 bridgehead atoms. The van der Waals surface area contributed by atoms with E-state index in [1.807, 2.05) is 11.0 Å². The van der Waals surface area contributed by atoms with Crippen molar-refractivity contribution >= 4 is 58.0 Å². The zero-order valence-electron chi connectivity index (χ0n) is 32.7. The minimum absolute atomic E-state index is 0.0310. The Kier molecular flexibility index (Phi) is 12.6. The fourth-order valence-corrected chi connectivity index (χ4v) is 9.44. The first-order chi connectivity index (χ1) is 27.0. The van der Waals surface area contributed by atoms with Crippen LogP contribution < -0.4 is 20.9 Å². The number of alkyl halides is 3. The first kappa shape index (κ1) is 42.0. The third-order valence-corrected chi connectivity index (χ3v) is 12.1. The highest BCUT2D eigenvalue weighted by Crippen LogP contribution is 2.41. The lowest BCUT2D eigenvalue weighted by Crippen LogP contribution is -2.58. The number of anilines is 3. The van der Waals surface area contributed by atoms with Gasteiger partial charge in [0.15, 0.2) is 10.8 Å². The minimum Gasteiger partial charge on any atom is -0.374 e. The second kappa shape index (κ2) is 17.1. The molecule has 17 heteroatoms. The molecule has 3 N–H and O–H groups in total. The quantitative estimate of drug-likeness (QED) is 0.201. The predicted octanol–water partition coefficient (Wildman–Crippen LogP) is 5.27. The fraction of sp³-hybridized carbons (Fsp3) is 0.575. The van der Waals surface area contributed by atoms with E-state index in [1.54, 1.807) is 32.0 Å². The highest BCUT2D eigenvalue weighted by molar-refractivity contribution is 7.80. The Hall–Kier alpha value is -4.66. The lowest BCUT2D eigenvalue weighted by molar-refractivity contribution is -0.138. The number of pyridine rings is 1. The van der Waals surface area contributed by atoms with Crippen molar-refractivity contribution in [2.24, 2.45) is 5.92 Å². The van der Waals surface area contributed by atoms with E-state index in [9.17, 15) is 32.3 Å². The number of rotatable bonds is 11. The van der Waals surface area contributed by atoms with Gasteiger partial charge in [-0.15, -0.1) is 0 Å². The van der Waals surface area contributed by atoms with Gasteiger partial charge < -0.3 is 20.4 Å². The zero-order valence-corrected chi connectivity index (χ0v) is 33.5. The average molecular weight is 810 g/mol. The summed E-state index contributed by atoms with van der Waals surface area (Å²) in [4.78, 5) is 61.8. The van der Waals surface area contributed by atoms with Crippen LogP contribution in [0.4, 0.5) is 30.2 Å². The maximum atomic E-state index is 13.7. The van der Waals surface area contributed by atoms with Crippen molar-refractivity contribution in [2.75, 3.05) is 41.7 Å². The SMILES string of the molecule is C[C@@H]1CN(CCC[C@H]2CC[C@H](N3C(=S)N(c4cnc(C#N)c(C(F)(F)F)c4)C(=O)C3(C)C)CC2)C[C@H](C)N1CC(=O)Nc1cccc(NC2CCC(=O)NC2=O)c1. The number of thiocarbonyl (C=S) groups is 1. The van der Waals surface area contributed by atoms with Crippen LogP contribution in [0.15, 0.2) is 36.5 Å². The minimum atomic E-state index is -4.81. The Morgan fingerprint density at radius 2 is 1.74 bits per heavy atom. The van der Waals surface area contributed by atoms with E-state index in [2.05, 4.69) is 44.6 Å². The van der Waals surface area contributed by atoms with Crippen molar-refractivity contribution in [1.82, 2.24) is 25.0 Å². The topological polar surface area (TPSA) is 154 Å². The molecule has 6 rings (SSSR count). The molecule has 3 atom stereocenters. The van der Waals surface area contributed by atoms with Crippen molar-refractivity contribution in [3.8, 4) is 6.07 Å². The van der Waals surface area contributed by atoms with Gasteiger partial charge in [0.05, 0.1) is 24.0 Å². The summed E-state index contributed by atoms with van der Waals surface area (Å²) < 4.78 is 41.1. The van der Waals surface area contributed by atoms with Crippen LogP contribution >= 0.6 is 12.2 Å². The number of benzene rings is 1. The van der Waals surface area contributed by atoms with E-state index in [4.69, 9.17) is 17.5 Å². The van der Waals surface area contributed by atoms with Gasteiger partial charge in [0.25, 0.3) is 5.91 Å². The molecular formula is C40H50F3N9O4S. The summed E-state index contributed by atoms with van der Waals surface area (Å²) in [5.74, 6) is -0.658. The van der Waals surface area contributed by atoms with E-state index in [-0.39, 0.29) is 59.6 Å². The number of carbonyl (C=O) groups excluding carboxylic acids is 4. The molecule has 1 aromatic carbocycles. The van der Waals surface area contributed by atoms with Gasteiger partial charge in [0.2, 0.25) is 17.7 Å². The standard InChI is InChI=1S/C40H50F3N9O4S/c1-24-21-49(22-25(2)50(24)23-35(54)47-28-9-5-8-27(17-28)46-32-14-15-34(53)48-36(32)55)16-6-7-26-10-12-29(13-11-26)52-38(57)51(37(56)39(52,3)4)30-18-31(40(41,42)43)33(19-44)45-20-30/h5,8-9,17-18,20,24-26,29,32,46H,6-7,10-16,21-23H2,1-4H3,(H,47,54)(H,48,53,55)/t24-,25+,26-,29-,32?. The van der Waals surface area contributed by atoms with E-state index < -0.39 is 34.9 Å². The van der Waals surface area contributed by atoms with Gasteiger partial charge in [-0.2, -0.15) is 18.4 Å². The summed E-state index contributed by atoms with van der Waals surface area (Å²) in [6, 6.07) is 9.26. The maximum Gasteiger partial charge on any atom is 0.419 e. The van der Waals surface area contributed by atoms with Crippen molar-refractivity contribution in [3.05, 3.63) is 47.8 Å². The van der Waals surface area contributed by atoms with Crippen LogP contribution in [0, 0.1) is 17.2 Å². The summed E-state index contributed by atoms with van der Waals surface area (Å²) in [5, 5.41) is 17.8. The number of hydrogen-bond donors (Lipinski definition) is 3. The van der Waals surface area contributed by atoms with Gasteiger partial charge in [0, 0.05) is 49.0 Å². The number of nitrogens with one attached hydrogen (secondary N) is 3. The second-order valence-electron chi connectivity index (χ2n) is 16.3. The Balaban J connectivity index is 0.943. The molecule has 1 saturated carbocycles. The molecule has 2 aromatic rings. The van der Waals surface area contributed by atoms with Gasteiger partial charge in [-0.25, -0.2) is 4.98 Å². The van der Waals surface area contributed by atoms with E-state index in [0.29, 0.717) is 23.7 Å². The Morgan fingerprint density at radius 1 is 1.05 bits per heavy atom. The zero-order chi connectivity index (χ0) is 41.2. The molecule has 4 fully saturated rings. The molecule has 57 heavy (non-hydrogen) atoms. The van der Waals surface area contributed by atoms with Crippen LogP contribution in [0.3, 0.4) is 0 Å². The molecule has 306 valence electrons. The molecule has 0 radical (unpaired) electrons. The van der Waals surface area contributed by atoms with Crippen molar-refractivity contribution < 1.29 is 32.3 Å². The van der Waals surface area contributed by atoms with Crippen LogP contribution in [0.5, 0.6) is 0 Å². The molecule has 3 aliphatic heterocycles. The Labute approximate surface area is 336 Å². The number of hydrogen-bond acceptors (Lipinski definition) is 10. The lowest BCUT2D eigenvalue weighted by Gasteiger charge is -2.44. The predicted molar refractivity (Wildman–Crippen MR) is 212 cm³/mol. The van der Waals surface area contributed by atoms with Crippen LogP contribution in [0.25, 0.3) is 0 Å². The number of amides is 4. The van der Waals surface area contributed by atoms with Gasteiger partial charge >= 0.3 is 6.18 Å². The molecule has 4 heterocycles. The van der Waals surface area contributed by atoms with Crippen LogP contribution in [0.2, 0.25) is 0 Å². The Bertz CT molecular complexity index is 1920. The van der Waals surface area contributed by atoms with Gasteiger partial charge in [-0.05, 0) is 122 Å². The summed E-state index contributed by atoms with van der Waals surface area (Å²) >= 11 is 5.74. The number of aromatic nitrogens is 1.